The Balaban J connectivity index is 1.90. The number of halogens is 2. The predicted molar refractivity (Wildman–Crippen MR) is 108 cm³/mol. The van der Waals surface area contributed by atoms with Gasteiger partial charge in [0.15, 0.2) is 0 Å². The monoisotopic (exact) mass is 408 g/mol. The molecule has 1 amide bonds. The standard InChI is InChI=1S/C22H18F2N4O2/c1-14-7-9-18(10-8-14)28-20(11-15(2)27-28)26-21(29)17(13-25)12-16-5-3-4-6-19(16)30-22(23)24/h3-12,22H,1-2H3,(H,26,29)/b17-12+. The molecule has 1 N–H and O–H groups in total. The van der Waals surface area contributed by atoms with Gasteiger partial charge in [-0.1, -0.05) is 35.9 Å². The molecule has 1 heterocycles. The lowest BCUT2D eigenvalue weighted by atomic mass is 10.1. The first kappa shape index (κ1) is 20.7. The van der Waals surface area contributed by atoms with Crippen LogP contribution in [0.5, 0.6) is 5.75 Å². The van der Waals surface area contributed by atoms with E-state index in [0.717, 1.165) is 11.3 Å². The van der Waals surface area contributed by atoms with E-state index in [1.807, 2.05) is 31.2 Å². The Labute approximate surface area is 172 Å². The van der Waals surface area contributed by atoms with Gasteiger partial charge in [-0.3, -0.25) is 4.79 Å². The topological polar surface area (TPSA) is 79.9 Å². The summed E-state index contributed by atoms with van der Waals surface area (Å²) in [4.78, 5) is 12.7. The highest BCUT2D eigenvalue weighted by atomic mass is 19.3. The van der Waals surface area contributed by atoms with Crippen LogP contribution >= 0.6 is 0 Å². The molecule has 0 bridgehead atoms. The van der Waals surface area contributed by atoms with Crippen LogP contribution in [0.1, 0.15) is 16.8 Å². The van der Waals surface area contributed by atoms with Crippen LogP contribution in [-0.4, -0.2) is 22.3 Å². The lowest BCUT2D eigenvalue weighted by Crippen LogP contribution is -2.16. The first-order chi connectivity index (χ1) is 14.4. The second kappa shape index (κ2) is 9.01. The fourth-order valence-electron chi connectivity index (χ4n) is 2.76. The van der Waals surface area contributed by atoms with E-state index in [1.54, 1.807) is 29.8 Å². The Morgan fingerprint density at radius 2 is 1.90 bits per heavy atom. The SMILES string of the molecule is Cc1ccc(-n2nc(C)cc2NC(=O)/C(C#N)=C/c2ccccc2OC(F)F)cc1. The predicted octanol–water partition coefficient (Wildman–Crippen LogP) is 4.64. The molecule has 0 atom stereocenters. The number of hydrogen-bond donors (Lipinski definition) is 1. The molecule has 2 aromatic carbocycles. The van der Waals surface area contributed by atoms with Crippen molar-refractivity contribution in [2.45, 2.75) is 20.5 Å². The minimum Gasteiger partial charge on any atom is -0.434 e. The number of amides is 1. The number of nitriles is 1. The number of alkyl halides is 2. The normalized spacial score (nSPS) is 11.3. The van der Waals surface area contributed by atoms with Gasteiger partial charge >= 0.3 is 6.61 Å². The zero-order chi connectivity index (χ0) is 21.7. The van der Waals surface area contributed by atoms with Gasteiger partial charge in [0.25, 0.3) is 5.91 Å². The largest absolute Gasteiger partial charge is 0.434 e. The highest BCUT2D eigenvalue weighted by molar-refractivity contribution is 6.09. The first-order valence-corrected chi connectivity index (χ1v) is 8.98. The van der Waals surface area contributed by atoms with Crippen molar-refractivity contribution in [2.24, 2.45) is 0 Å². The van der Waals surface area contributed by atoms with Crippen molar-refractivity contribution >= 4 is 17.8 Å². The zero-order valence-corrected chi connectivity index (χ0v) is 16.3. The molecule has 0 unspecified atom stereocenters. The van der Waals surface area contributed by atoms with E-state index in [0.29, 0.717) is 11.5 Å². The highest BCUT2D eigenvalue weighted by Crippen LogP contribution is 2.24. The van der Waals surface area contributed by atoms with Gasteiger partial charge in [0.2, 0.25) is 0 Å². The van der Waals surface area contributed by atoms with Gasteiger partial charge in [-0.15, -0.1) is 0 Å². The van der Waals surface area contributed by atoms with Crippen molar-refractivity contribution in [1.29, 1.82) is 5.26 Å². The van der Waals surface area contributed by atoms with E-state index >= 15 is 0 Å². The second-order valence-corrected chi connectivity index (χ2v) is 6.46. The maximum atomic E-state index is 12.7. The summed E-state index contributed by atoms with van der Waals surface area (Å²) >= 11 is 0. The van der Waals surface area contributed by atoms with Gasteiger partial charge < -0.3 is 10.1 Å². The molecule has 1 aromatic heterocycles. The molecule has 3 aromatic rings. The smallest absolute Gasteiger partial charge is 0.387 e. The molecule has 3 rings (SSSR count). The maximum absolute atomic E-state index is 12.7. The zero-order valence-electron chi connectivity index (χ0n) is 16.3. The first-order valence-electron chi connectivity index (χ1n) is 8.98. The number of nitrogens with one attached hydrogen (secondary N) is 1. The number of carbonyl (C=O) groups excluding carboxylic acids is 1. The van der Waals surface area contributed by atoms with Crippen molar-refractivity contribution in [3.05, 3.63) is 77.0 Å². The van der Waals surface area contributed by atoms with E-state index < -0.39 is 12.5 Å². The minimum absolute atomic E-state index is 0.131. The van der Waals surface area contributed by atoms with Crippen LogP contribution in [-0.2, 0) is 4.79 Å². The maximum Gasteiger partial charge on any atom is 0.387 e. The summed E-state index contributed by atoms with van der Waals surface area (Å²) in [5, 5.41) is 16.5. The van der Waals surface area contributed by atoms with Crippen molar-refractivity contribution in [3.8, 4) is 17.5 Å². The van der Waals surface area contributed by atoms with Crippen molar-refractivity contribution in [2.75, 3.05) is 5.32 Å². The number of ether oxygens (including phenoxy) is 1. The molecule has 0 saturated heterocycles. The summed E-state index contributed by atoms with van der Waals surface area (Å²) in [6.07, 6.45) is 1.20. The third-order valence-corrected chi connectivity index (χ3v) is 4.15. The molecule has 0 fully saturated rings. The molecule has 8 heteroatoms. The fourth-order valence-corrected chi connectivity index (χ4v) is 2.76. The molecular formula is C22H18F2N4O2. The fraction of sp³-hybridized carbons (Fsp3) is 0.136. The van der Waals surface area contributed by atoms with Crippen LogP contribution in [0.25, 0.3) is 11.8 Å². The van der Waals surface area contributed by atoms with Crippen molar-refractivity contribution in [1.82, 2.24) is 9.78 Å². The Morgan fingerprint density at radius 3 is 2.57 bits per heavy atom. The summed E-state index contributed by atoms with van der Waals surface area (Å²) < 4.78 is 31.2. The molecule has 0 spiro atoms. The number of aryl methyl sites for hydroxylation is 2. The average Bonchev–Trinajstić information content (AvgIpc) is 3.07. The summed E-state index contributed by atoms with van der Waals surface area (Å²) in [7, 11) is 0. The summed E-state index contributed by atoms with van der Waals surface area (Å²) in [5.41, 5.74) is 2.40. The van der Waals surface area contributed by atoms with Crippen LogP contribution < -0.4 is 10.1 Å². The number of anilines is 1. The van der Waals surface area contributed by atoms with Crippen LogP contribution in [0, 0.1) is 25.2 Å². The van der Waals surface area contributed by atoms with Gasteiger partial charge in [-0.2, -0.15) is 19.1 Å². The van der Waals surface area contributed by atoms with Crippen LogP contribution in [0.4, 0.5) is 14.6 Å². The molecule has 0 radical (unpaired) electrons. The molecule has 30 heavy (non-hydrogen) atoms. The van der Waals surface area contributed by atoms with Gasteiger partial charge in [0.1, 0.15) is 23.2 Å². The van der Waals surface area contributed by atoms with E-state index in [-0.39, 0.29) is 16.9 Å². The molecule has 0 aliphatic heterocycles. The number of rotatable bonds is 6. The lowest BCUT2D eigenvalue weighted by molar-refractivity contribution is -0.112. The number of hydrogen-bond acceptors (Lipinski definition) is 4. The number of aromatic nitrogens is 2. The third-order valence-electron chi connectivity index (χ3n) is 4.15. The summed E-state index contributed by atoms with van der Waals surface area (Å²) in [5.74, 6) is -0.453. The molecular weight excluding hydrogens is 390 g/mol. The van der Waals surface area contributed by atoms with E-state index in [9.17, 15) is 18.8 Å². The summed E-state index contributed by atoms with van der Waals surface area (Å²) in [6, 6.07) is 16.9. The Morgan fingerprint density at radius 1 is 1.20 bits per heavy atom. The van der Waals surface area contributed by atoms with Gasteiger partial charge in [0, 0.05) is 11.6 Å². The van der Waals surface area contributed by atoms with Crippen molar-refractivity contribution < 1.29 is 18.3 Å². The molecule has 0 aliphatic carbocycles. The van der Waals surface area contributed by atoms with E-state index in [1.165, 1.54) is 24.3 Å². The Hall–Kier alpha value is -3.99. The quantitative estimate of drug-likeness (QED) is 0.476. The molecule has 0 aliphatic rings. The second-order valence-electron chi connectivity index (χ2n) is 6.46. The Kier molecular flexibility index (Phi) is 6.23. The molecule has 152 valence electrons. The number of nitrogens with zero attached hydrogens (tertiary/aromatic N) is 3. The summed E-state index contributed by atoms with van der Waals surface area (Å²) in [6.45, 7) is 0.713. The van der Waals surface area contributed by atoms with Gasteiger partial charge in [0.05, 0.1) is 11.4 Å². The van der Waals surface area contributed by atoms with E-state index in [4.69, 9.17) is 0 Å². The number of para-hydroxylation sites is 1. The van der Waals surface area contributed by atoms with Crippen LogP contribution in [0.2, 0.25) is 0 Å². The van der Waals surface area contributed by atoms with Crippen LogP contribution in [0.15, 0.2) is 60.2 Å². The average molecular weight is 408 g/mol. The van der Waals surface area contributed by atoms with Gasteiger partial charge in [-0.25, -0.2) is 4.68 Å². The lowest BCUT2D eigenvalue weighted by Gasteiger charge is -2.10. The van der Waals surface area contributed by atoms with Crippen molar-refractivity contribution in [3.63, 3.8) is 0 Å². The minimum atomic E-state index is -3.02. The number of carbonyl (C=O) groups is 1. The van der Waals surface area contributed by atoms with E-state index in [2.05, 4.69) is 15.2 Å². The number of benzene rings is 2. The highest BCUT2D eigenvalue weighted by Gasteiger charge is 2.16. The molecule has 0 saturated carbocycles. The van der Waals surface area contributed by atoms with Crippen LogP contribution in [0.3, 0.4) is 0 Å². The van der Waals surface area contributed by atoms with Gasteiger partial charge in [-0.05, 0) is 38.1 Å². The molecule has 6 nitrogen and oxygen atoms in total. The Bertz CT molecular complexity index is 1130. The third kappa shape index (κ3) is 4.89.